The highest BCUT2D eigenvalue weighted by Gasteiger charge is 2.54. The number of nitro groups is 1. The van der Waals surface area contributed by atoms with Crippen LogP contribution in [0.5, 0.6) is 5.75 Å². The van der Waals surface area contributed by atoms with Crippen molar-refractivity contribution in [1.29, 1.82) is 0 Å². The van der Waals surface area contributed by atoms with Crippen molar-refractivity contribution in [3.05, 3.63) is 34.4 Å². The zero-order valence-electron chi connectivity index (χ0n) is 22.1. The molecule has 2 fully saturated rings. The maximum atomic E-state index is 12.0. The first-order valence-corrected chi connectivity index (χ1v) is 12.3. The van der Waals surface area contributed by atoms with Gasteiger partial charge in [0, 0.05) is 32.9 Å². The van der Waals surface area contributed by atoms with E-state index in [2.05, 4.69) is 0 Å². The molecule has 1 aromatic rings. The fourth-order valence-corrected chi connectivity index (χ4v) is 4.26. The van der Waals surface area contributed by atoms with Gasteiger partial charge in [-0.3, -0.25) is 24.5 Å². The summed E-state index contributed by atoms with van der Waals surface area (Å²) in [5.74, 6) is -2.51. The van der Waals surface area contributed by atoms with Crippen LogP contribution in [0.4, 0.5) is 5.69 Å². The predicted octanol–water partition coefficient (Wildman–Crippen LogP) is -1.69. The van der Waals surface area contributed by atoms with Crippen LogP contribution in [-0.2, 0) is 42.8 Å². The number of ether oxygens (including phenoxy) is 7. The molecule has 0 amide bonds. The average molecular weight is 590 g/mol. The number of aliphatic hydroxyl groups excluding tert-OH is 4. The van der Waals surface area contributed by atoms with Crippen molar-refractivity contribution in [2.45, 2.75) is 82.2 Å². The quantitative estimate of drug-likeness (QED) is 0.103. The molecule has 0 saturated carbocycles. The average Bonchev–Trinajstić information content (AvgIpc) is 2.90. The van der Waals surface area contributed by atoms with E-state index in [1.165, 1.54) is 12.1 Å². The highest BCUT2D eigenvalue weighted by molar-refractivity contribution is 5.68. The van der Waals surface area contributed by atoms with Crippen molar-refractivity contribution in [2.24, 2.45) is 0 Å². The molecule has 0 aromatic heterocycles. The third kappa shape index (κ3) is 8.07. The van der Waals surface area contributed by atoms with Gasteiger partial charge in [-0.2, -0.15) is 0 Å². The minimum Gasteiger partial charge on any atom is -0.461 e. The Morgan fingerprint density at radius 2 is 1.34 bits per heavy atom. The Morgan fingerprint density at radius 3 is 1.88 bits per heavy atom. The summed E-state index contributed by atoms with van der Waals surface area (Å²) >= 11 is 0. The van der Waals surface area contributed by atoms with Gasteiger partial charge in [-0.25, -0.2) is 0 Å². The summed E-state index contributed by atoms with van der Waals surface area (Å²) in [5.41, 5.74) is -0.239. The van der Waals surface area contributed by atoms with E-state index in [0.29, 0.717) is 0 Å². The van der Waals surface area contributed by atoms with Gasteiger partial charge in [-0.05, 0) is 12.1 Å². The standard InChI is InChI=1S/C24H31NO16/c1-10(27)36-20-16(9-35-23-19(32)18(31)17(30)15(8-26)40-23)41-24(22(38-12(3)29)21(20)37-11(2)28)39-14-6-4-13(5-7-14)25(33)34/h4-7,15-24,26,30-32H,8-9H2,1-3H3/t15?,16?,17-,18?,19?,20-,21?,22?,23+,24+/m1/s1. The van der Waals surface area contributed by atoms with Gasteiger partial charge >= 0.3 is 17.9 Å². The fourth-order valence-electron chi connectivity index (χ4n) is 4.26. The molecule has 17 nitrogen and oxygen atoms in total. The molecule has 2 aliphatic rings. The third-order valence-corrected chi connectivity index (χ3v) is 6.07. The first-order valence-electron chi connectivity index (χ1n) is 12.3. The van der Waals surface area contributed by atoms with Crippen LogP contribution < -0.4 is 4.74 Å². The lowest BCUT2D eigenvalue weighted by molar-refractivity contribution is -0.384. The zero-order valence-corrected chi connectivity index (χ0v) is 22.1. The van der Waals surface area contributed by atoms with Gasteiger partial charge in [0.1, 0.15) is 36.3 Å². The fraction of sp³-hybridized carbons (Fsp3) is 0.625. The molecule has 2 heterocycles. The van der Waals surface area contributed by atoms with E-state index in [9.17, 15) is 44.9 Å². The number of esters is 3. The summed E-state index contributed by atoms with van der Waals surface area (Å²) in [6.07, 6.45) is -15.5. The Bertz CT molecular complexity index is 1080. The van der Waals surface area contributed by atoms with E-state index in [1.54, 1.807) is 0 Å². The Balaban J connectivity index is 1.93. The molecule has 0 radical (unpaired) electrons. The van der Waals surface area contributed by atoms with Crippen molar-refractivity contribution in [1.82, 2.24) is 0 Å². The van der Waals surface area contributed by atoms with Crippen LogP contribution in [-0.4, -0.2) is 118 Å². The van der Waals surface area contributed by atoms with E-state index in [1.807, 2.05) is 0 Å². The Kier molecular flexibility index (Phi) is 10.9. The summed E-state index contributed by atoms with van der Waals surface area (Å²) in [6, 6.07) is 4.77. The van der Waals surface area contributed by atoms with E-state index in [-0.39, 0.29) is 11.4 Å². The van der Waals surface area contributed by atoms with Crippen LogP contribution in [0, 0.1) is 10.1 Å². The second-order valence-electron chi connectivity index (χ2n) is 9.16. The number of hydrogen-bond acceptors (Lipinski definition) is 16. The van der Waals surface area contributed by atoms with Gasteiger partial charge in [-0.1, -0.05) is 0 Å². The van der Waals surface area contributed by atoms with Gasteiger partial charge in [0.15, 0.2) is 18.5 Å². The molecule has 0 spiro atoms. The smallest absolute Gasteiger partial charge is 0.303 e. The summed E-state index contributed by atoms with van der Waals surface area (Å²) < 4.78 is 38.6. The highest BCUT2D eigenvalue weighted by Crippen LogP contribution is 2.32. The number of carbonyl (C=O) groups is 3. The molecule has 228 valence electrons. The lowest BCUT2D eigenvalue weighted by Gasteiger charge is -2.45. The number of benzene rings is 1. The van der Waals surface area contributed by atoms with Crippen LogP contribution in [0.15, 0.2) is 24.3 Å². The van der Waals surface area contributed by atoms with Crippen molar-refractivity contribution in [3.63, 3.8) is 0 Å². The van der Waals surface area contributed by atoms with E-state index >= 15 is 0 Å². The number of nitrogens with zero attached hydrogens (tertiary/aromatic N) is 1. The molecular formula is C24H31NO16. The molecule has 0 bridgehead atoms. The topological polar surface area (TPSA) is 240 Å². The first-order chi connectivity index (χ1) is 19.3. The minimum atomic E-state index is -1.77. The maximum Gasteiger partial charge on any atom is 0.303 e. The van der Waals surface area contributed by atoms with Crippen molar-refractivity contribution in [3.8, 4) is 5.75 Å². The van der Waals surface area contributed by atoms with E-state index < -0.39 is 97.5 Å². The zero-order chi connectivity index (χ0) is 30.4. The van der Waals surface area contributed by atoms with Gasteiger partial charge in [0.25, 0.3) is 5.69 Å². The molecule has 2 saturated heterocycles. The lowest BCUT2D eigenvalue weighted by Crippen LogP contribution is -2.64. The van der Waals surface area contributed by atoms with Crippen LogP contribution in [0.3, 0.4) is 0 Å². The van der Waals surface area contributed by atoms with Gasteiger partial charge in [-0.15, -0.1) is 0 Å². The number of nitro benzene ring substituents is 1. The lowest BCUT2D eigenvalue weighted by atomic mass is 9.97. The summed E-state index contributed by atoms with van der Waals surface area (Å²) in [7, 11) is 0. The Labute approximate surface area is 232 Å². The minimum absolute atomic E-state index is 0.0267. The largest absolute Gasteiger partial charge is 0.461 e. The van der Waals surface area contributed by atoms with Crippen LogP contribution >= 0.6 is 0 Å². The van der Waals surface area contributed by atoms with Crippen molar-refractivity contribution >= 4 is 23.6 Å². The molecule has 0 aliphatic carbocycles. The summed E-state index contributed by atoms with van der Waals surface area (Å²) in [4.78, 5) is 46.3. The first kappa shape index (κ1) is 32.1. The number of carbonyl (C=O) groups excluding carboxylic acids is 3. The molecule has 41 heavy (non-hydrogen) atoms. The van der Waals surface area contributed by atoms with Crippen molar-refractivity contribution < 1.29 is 72.9 Å². The van der Waals surface area contributed by atoms with Gasteiger partial charge in [0.05, 0.1) is 18.1 Å². The molecule has 3 rings (SSSR count). The molecule has 10 atom stereocenters. The highest BCUT2D eigenvalue weighted by atomic mass is 16.7. The molecule has 1 aromatic carbocycles. The van der Waals surface area contributed by atoms with Gasteiger partial charge < -0.3 is 53.6 Å². The second kappa shape index (κ2) is 13.9. The van der Waals surface area contributed by atoms with Crippen LogP contribution in [0.2, 0.25) is 0 Å². The summed E-state index contributed by atoms with van der Waals surface area (Å²) in [5, 5.41) is 50.8. The Hall–Kier alpha value is -3.45. The van der Waals surface area contributed by atoms with Crippen LogP contribution in [0.25, 0.3) is 0 Å². The van der Waals surface area contributed by atoms with Crippen LogP contribution in [0.1, 0.15) is 20.8 Å². The normalized spacial score (nSPS) is 33.3. The molecule has 17 heteroatoms. The predicted molar refractivity (Wildman–Crippen MR) is 129 cm³/mol. The molecular weight excluding hydrogens is 558 g/mol. The third-order valence-electron chi connectivity index (χ3n) is 6.07. The number of hydrogen-bond donors (Lipinski definition) is 4. The SMILES string of the molecule is CC(=O)OC1C(OC(C)=O)[C@H](OC(C)=O)C(CO[C@H]2OC(CO)[C@@H](O)C(O)C2O)O[C@@H]1Oc1ccc([N+](=O)[O-])cc1. The monoisotopic (exact) mass is 589 g/mol. The number of rotatable bonds is 10. The molecule has 2 aliphatic heterocycles. The Morgan fingerprint density at radius 1 is 0.805 bits per heavy atom. The molecule has 4 N–H and O–H groups in total. The number of aliphatic hydroxyl groups is 4. The van der Waals surface area contributed by atoms with E-state index in [0.717, 1.165) is 32.9 Å². The van der Waals surface area contributed by atoms with Gasteiger partial charge in [0.2, 0.25) is 12.4 Å². The summed E-state index contributed by atoms with van der Waals surface area (Å²) in [6.45, 7) is 1.87. The second-order valence-corrected chi connectivity index (χ2v) is 9.16. The maximum absolute atomic E-state index is 12.0. The number of non-ortho nitro benzene ring substituents is 1. The van der Waals surface area contributed by atoms with Crippen molar-refractivity contribution in [2.75, 3.05) is 13.2 Å². The van der Waals surface area contributed by atoms with E-state index in [4.69, 9.17) is 33.2 Å². The molecule has 6 unspecified atom stereocenters.